The van der Waals surface area contributed by atoms with Crippen LogP contribution in [0.4, 0.5) is 18.9 Å². The minimum Gasteiger partial charge on any atom is -0.437 e. The lowest BCUT2D eigenvalue weighted by Gasteiger charge is -2.17. The third-order valence-corrected chi connectivity index (χ3v) is 6.21. The van der Waals surface area contributed by atoms with Crippen molar-refractivity contribution in [2.45, 2.75) is 24.9 Å². The van der Waals surface area contributed by atoms with E-state index in [0.29, 0.717) is 10.6 Å². The molecule has 0 aliphatic rings. The van der Waals surface area contributed by atoms with Gasteiger partial charge in [-0.3, -0.25) is 4.79 Å². The smallest absolute Gasteiger partial charge is 0.435 e. The molecule has 1 heterocycles. The van der Waals surface area contributed by atoms with Crippen LogP contribution in [0.3, 0.4) is 0 Å². The van der Waals surface area contributed by atoms with Gasteiger partial charge >= 0.3 is 6.18 Å². The molecule has 1 amide bonds. The molecule has 3 aromatic rings. The van der Waals surface area contributed by atoms with E-state index in [4.69, 9.17) is 21.1 Å². The summed E-state index contributed by atoms with van der Waals surface area (Å²) in [5.74, 6) is -1.21. The maximum absolute atomic E-state index is 13.4. The Balaban J connectivity index is 2.09. The number of nitrogens with one attached hydrogen (secondary N) is 2. The fourth-order valence-electron chi connectivity index (χ4n) is 2.92. The number of halogens is 4. The van der Waals surface area contributed by atoms with Crippen LogP contribution in [0.15, 0.2) is 47.4 Å². The van der Waals surface area contributed by atoms with E-state index in [9.17, 15) is 22.2 Å². The third kappa shape index (κ3) is 5.42. The Kier molecular flexibility index (Phi) is 6.66. The van der Waals surface area contributed by atoms with Gasteiger partial charge in [0.15, 0.2) is 5.69 Å². The number of carbonyl (C=O) groups excluding carboxylic acids is 1. The van der Waals surface area contributed by atoms with Crippen LogP contribution in [-0.4, -0.2) is 26.6 Å². The summed E-state index contributed by atoms with van der Waals surface area (Å²) in [6, 6.07) is 10.4. The lowest BCUT2D eigenvalue weighted by atomic mass is 10.1. The van der Waals surface area contributed by atoms with E-state index in [1.807, 2.05) is 0 Å². The van der Waals surface area contributed by atoms with Gasteiger partial charge in [-0.15, -0.1) is 10.2 Å². The molecule has 0 fully saturated rings. The fraction of sp³-hybridized carbons (Fsp3) is 0.190. The normalized spacial score (nSPS) is 13.3. The number of benzene rings is 2. The number of nitrogens with zero attached hydrogens (tertiary/aromatic N) is 2. The largest absolute Gasteiger partial charge is 0.437 e. The molecule has 3 rings (SSSR count). The van der Waals surface area contributed by atoms with E-state index in [2.05, 4.69) is 15.5 Å². The van der Waals surface area contributed by atoms with Gasteiger partial charge in [0.2, 0.25) is 0 Å². The van der Waals surface area contributed by atoms with Gasteiger partial charge < -0.3 is 10.1 Å². The Morgan fingerprint density at radius 3 is 2.42 bits per heavy atom. The second-order valence-electron chi connectivity index (χ2n) is 7.14. The van der Waals surface area contributed by atoms with Crippen LogP contribution in [0.5, 0.6) is 11.6 Å². The number of anilines is 1. The predicted octanol–water partition coefficient (Wildman–Crippen LogP) is 5.85. The lowest BCUT2D eigenvalue weighted by Crippen LogP contribution is -2.21. The molecule has 0 bridgehead atoms. The van der Waals surface area contributed by atoms with Crippen LogP contribution in [0.25, 0.3) is 0 Å². The number of hydrogen-bond donors (Lipinski definition) is 2. The van der Waals surface area contributed by atoms with Crippen molar-refractivity contribution in [3.63, 3.8) is 0 Å². The van der Waals surface area contributed by atoms with Crippen molar-refractivity contribution in [2.75, 3.05) is 11.6 Å². The number of carbonyl (C=O) groups is 1. The molecule has 1 unspecified atom stereocenters. The summed E-state index contributed by atoms with van der Waals surface area (Å²) in [5.41, 5.74) is -1.68. The molecule has 0 saturated heterocycles. The van der Waals surface area contributed by atoms with Crippen molar-refractivity contribution >= 4 is 32.9 Å². The van der Waals surface area contributed by atoms with Gasteiger partial charge in [-0.25, -0.2) is 8.99 Å². The Labute approximate surface area is 192 Å². The van der Waals surface area contributed by atoms with Gasteiger partial charge in [-0.1, -0.05) is 23.7 Å². The van der Waals surface area contributed by atoms with Crippen molar-refractivity contribution in [1.29, 1.82) is 4.78 Å². The van der Waals surface area contributed by atoms with Gasteiger partial charge in [0.1, 0.15) is 11.3 Å². The maximum Gasteiger partial charge on any atom is 0.435 e. The summed E-state index contributed by atoms with van der Waals surface area (Å²) < 4.78 is 65.6. The predicted molar refractivity (Wildman–Crippen MR) is 117 cm³/mol. The highest BCUT2D eigenvalue weighted by Gasteiger charge is 2.38. The van der Waals surface area contributed by atoms with Crippen molar-refractivity contribution in [3.8, 4) is 11.6 Å². The van der Waals surface area contributed by atoms with Crippen molar-refractivity contribution in [1.82, 2.24) is 10.2 Å². The van der Waals surface area contributed by atoms with E-state index < -0.39 is 44.5 Å². The molecule has 0 aliphatic heterocycles. The molecule has 0 spiro atoms. The van der Waals surface area contributed by atoms with Gasteiger partial charge in [0.25, 0.3) is 11.8 Å². The second-order valence-corrected chi connectivity index (χ2v) is 9.71. The number of rotatable bonds is 5. The molecule has 12 heteroatoms. The molecular weight excluding hydrogens is 481 g/mol. The minimum absolute atomic E-state index is 0.133. The quantitative estimate of drug-likeness (QED) is 0.459. The summed E-state index contributed by atoms with van der Waals surface area (Å²) in [4.78, 5) is 13.2. The van der Waals surface area contributed by atoms with Crippen LogP contribution in [-0.2, 0) is 15.9 Å². The number of alkyl halides is 3. The third-order valence-electron chi connectivity index (χ3n) is 4.65. The highest BCUT2D eigenvalue weighted by atomic mass is 35.5. The fourth-order valence-corrected chi connectivity index (χ4v) is 3.78. The molecule has 0 saturated carbocycles. The van der Waals surface area contributed by atoms with Crippen LogP contribution < -0.4 is 10.1 Å². The summed E-state index contributed by atoms with van der Waals surface area (Å²) in [6.45, 7) is 2.72. The Morgan fingerprint density at radius 1 is 1.12 bits per heavy atom. The van der Waals surface area contributed by atoms with Crippen LogP contribution in [0, 0.1) is 18.6 Å². The van der Waals surface area contributed by atoms with Gasteiger partial charge in [0.05, 0.1) is 9.73 Å². The maximum atomic E-state index is 13.4. The minimum atomic E-state index is -4.85. The summed E-state index contributed by atoms with van der Waals surface area (Å²) in [7, 11) is -3.08. The molecule has 2 N–H and O–H groups in total. The Hall–Kier alpha value is -3.18. The second kappa shape index (κ2) is 8.99. The highest BCUT2D eigenvalue weighted by molar-refractivity contribution is 7.91. The average molecular weight is 499 g/mol. The molecular formula is C21H18ClF3N4O3S. The highest BCUT2D eigenvalue weighted by Crippen LogP contribution is 2.36. The van der Waals surface area contributed by atoms with Crippen LogP contribution >= 0.6 is 11.6 Å². The Bertz CT molecular complexity index is 1350. The zero-order valence-corrected chi connectivity index (χ0v) is 19.2. The SMILES string of the molecule is Cc1c(Cl)cccc1Oc1nnc(C(F)(F)F)c(C)c1C(=O)Nc1cccc(S(C)(=N)=O)c1. The van der Waals surface area contributed by atoms with E-state index in [1.165, 1.54) is 36.6 Å². The topological polar surface area (TPSA) is 105 Å². The summed E-state index contributed by atoms with van der Waals surface area (Å²) in [5, 5.41) is 9.54. The number of hydrogen-bond acceptors (Lipinski definition) is 6. The van der Waals surface area contributed by atoms with Crippen molar-refractivity contribution in [2.24, 2.45) is 0 Å². The number of amides is 1. The molecule has 0 radical (unpaired) electrons. The summed E-state index contributed by atoms with van der Waals surface area (Å²) in [6.07, 6.45) is -3.64. The van der Waals surface area contributed by atoms with Crippen LogP contribution in [0.2, 0.25) is 5.02 Å². The molecule has 174 valence electrons. The molecule has 0 aliphatic carbocycles. The standard InChI is InChI=1S/C21H18ClF3N4O3S/c1-11-15(22)8-5-9-16(11)32-20-17(12(2)18(28-29-20)21(23,24)25)19(30)27-13-6-4-7-14(10-13)33(3,26)31/h4-10,26H,1-3H3,(H,27,30). The molecule has 1 aromatic heterocycles. The lowest BCUT2D eigenvalue weighted by molar-refractivity contribution is -0.142. The Morgan fingerprint density at radius 2 is 1.79 bits per heavy atom. The first-order valence-electron chi connectivity index (χ1n) is 9.31. The average Bonchev–Trinajstić information content (AvgIpc) is 2.70. The first-order valence-corrected chi connectivity index (χ1v) is 11.7. The van der Waals surface area contributed by atoms with Gasteiger partial charge in [-0.05, 0) is 49.7 Å². The summed E-state index contributed by atoms with van der Waals surface area (Å²) >= 11 is 6.07. The zero-order valence-electron chi connectivity index (χ0n) is 17.6. The first-order chi connectivity index (χ1) is 15.3. The van der Waals surface area contributed by atoms with E-state index in [0.717, 1.165) is 6.92 Å². The number of aromatic nitrogens is 2. The van der Waals surface area contributed by atoms with E-state index in [1.54, 1.807) is 19.1 Å². The van der Waals surface area contributed by atoms with Crippen molar-refractivity contribution in [3.05, 3.63) is 69.9 Å². The molecule has 2 aromatic carbocycles. The van der Waals surface area contributed by atoms with Crippen LogP contribution in [0.1, 0.15) is 27.2 Å². The molecule has 1 atom stereocenters. The molecule has 33 heavy (non-hydrogen) atoms. The first kappa shape index (κ1) is 24.5. The molecule has 7 nitrogen and oxygen atoms in total. The van der Waals surface area contributed by atoms with Gasteiger partial charge in [0, 0.05) is 27.4 Å². The van der Waals surface area contributed by atoms with E-state index in [-0.39, 0.29) is 16.3 Å². The van der Waals surface area contributed by atoms with Crippen molar-refractivity contribution < 1.29 is 26.9 Å². The van der Waals surface area contributed by atoms with E-state index >= 15 is 0 Å². The monoisotopic (exact) mass is 498 g/mol. The number of ether oxygens (including phenoxy) is 1. The zero-order chi connectivity index (χ0) is 24.6. The van der Waals surface area contributed by atoms with Gasteiger partial charge in [-0.2, -0.15) is 13.2 Å².